The highest BCUT2D eigenvalue weighted by atomic mass is 19.1. The number of benzene rings is 1. The molecule has 0 aliphatic rings. The number of aliphatic carboxylic acids is 1. The van der Waals surface area contributed by atoms with Crippen molar-refractivity contribution in [3.05, 3.63) is 35.4 Å². The van der Waals surface area contributed by atoms with Crippen LogP contribution >= 0.6 is 0 Å². The smallest absolute Gasteiger partial charge is 0.328 e. The molecule has 0 aliphatic heterocycles. The second kappa shape index (κ2) is 7.03. The molecule has 1 rings (SSSR count). The molecule has 5 heteroatoms. The first-order valence-electron chi connectivity index (χ1n) is 6.52. The number of carboxylic acid groups (broad SMARTS) is 1. The van der Waals surface area contributed by atoms with Gasteiger partial charge in [-0.1, -0.05) is 29.8 Å². The molecule has 0 saturated heterocycles. The zero-order valence-electron chi connectivity index (χ0n) is 11.7. The van der Waals surface area contributed by atoms with Crippen molar-refractivity contribution in [2.45, 2.75) is 32.1 Å². The first-order chi connectivity index (χ1) is 9.48. The van der Waals surface area contributed by atoms with Crippen molar-refractivity contribution in [1.82, 2.24) is 0 Å². The molecule has 1 atom stereocenters. The van der Waals surface area contributed by atoms with E-state index in [4.69, 9.17) is 4.74 Å². The highest BCUT2D eigenvalue weighted by Crippen LogP contribution is 2.32. The maximum Gasteiger partial charge on any atom is 0.328 e. The van der Waals surface area contributed by atoms with E-state index < -0.39 is 24.0 Å². The SMILES string of the molecule is CCOC(=O)C(CCCF)(C(=O)O)c1ccc(C)cc1. The Labute approximate surface area is 117 Å². The Kier molecular flexibility index (Phi) is 5.67. The van der Waals surface area contributed by atoms with Gasteiger partial charge in [-0.05, 0) is 32.3 Å². The van der Waals surface area contributed by atoms with Crippen LogP contribution in [0.15, 0.2) is 24.3 Å². The predicted molar refractivity (Wildman–Crippen MR) is 72.3 cm³/mol. The lowest BCUT2D eigenvalue weighted by Crippen LogP contribution is -2.45. The molecule has 20 heavy (non-hydrogen) atoms. The third-order valence-electron chi connectivity index (χ3n) is 3.22. The normalized spacial score (nSPS) is 13.6. The largest absolute Gasteiger partial charge is 0.480 e. The third-order valence-corrected chi connectivity index (χ3v) is 3.22. The summed E-state index contributed by atoms with van der Waals surface area (Å²) in [6, 6.07) is 6.61. The Bertz CT molecular complexity index is 469. The molecule has 0 heterocycles. The summed E-state index contributed by atoms with van der Waals surface area (Å²) in [5, 5.41) is 9.55. The highest BCUT2D eigenvalue weighted by Gasteiger charge is 2.48. The van der Waals surface area contributed by atoms with Gasteiger partial charge in [0.2, 0.25) is 0 Å². The minimum Gasteiger partial charge on any atom is -0.480 e. The molecule has 0 aliphatic carbocycles. The quantitative estimate of drug-likeness (QED) is 0.617. The van der Waals surface area contributed by atoms with Gasteiger partial charge in [0.25, 0.3) is 0 Å². The van der Waals surface area contributed by atoms with Crippen LogP contribution in [0.1, 0.15) is 30.9 Å². The van der Waals surface area contributed by atoms with Crippen LogP contribution in [0.5, 0.6) is 0 Å². The standard InChI is InChI=1S/C15H19FO4/c1-3-20-14(19)15(13(17)18,9-4-10-16)12-7-5-11(2)6-8-12/h5-8H,3-4,9-10H2,1-2H3,(H,17,18). The summed E-state index contributed by atoms with van der Waals surface area (Å²) in [4.78, 5) is 23.9. The van der Waals surface area contributed by atoms with Gasteiger partial charge in [0.1, 0.15) is 0 Å². The Balaban J connectivity index is 3.31. The van der Waals surface area contributed by atoms with E-state index in [-0.39, 0.29) is 19.4 Å². The number of carboxylic acids is 1. The van der Waals surface area contributed by atoms with Crippen LogP contribution in [0.3, 0.4) is 0 Å². The second-order valence-corrected chi connectivity index (χ2v) is 4.59. The molecule has 0 amide bonds. The van der Waals surface area contributed by atoms with Gasteiger partial charge in [-0.25, -0.2) is 0 Å². The fourth-order valence-corrected chi connectivity index (χ4v) is 2.11. The monoisotopic (exact) mass is 282 g/mol. The lowest BCUT2D eigenvalue weighted by atomic mass is 9.76. The van der Waals surface area contributed by atoms with E-state index in [1.165, 1.54) is 0 Å². The average molecular weight is 282 g/mol. The Hall–Kier alpha value is -1.91. The molecule has 0 bridgehead atoms. The third kappa shape index (κ3) is 3.15. The molecule has 0 aromatic heterocycles. The van der Waals surface area contributed by atoms with Crippen molar-refractivity contribution < 1.29 is 23.8 Å². The first-order valence-corrected chi connectivity index (χ1v) is 6.52. The molecule has 0 spiro atoms. The average Bonchev–Trinajstić information content (AvgIpc) is 2.41. The zero-order chi connectivity index (χ0) is 15.2. The number of aryl methyl sites for hydroxylation is 1. The lowest BCUT2D eigenvalue weighted by Gasteiger charge is -2.27. The summed E-state index contributed by atoms with van der Waals surface area (Å²) in [6.07, 6.45) is -0.139. The van der Waals surface area contributed by atoms with Gasteiger partial charge in [-0.15, -0.1) is 0 Å². The van der Waals surface area contributed by atoms with Crippen LogP contribution < -0.4 is 0 Å². The molecule has 1 aromatic rings. The number of carbonyl (C=O) groups excluding carboxylic acids is 1. The number of halogens is 1. The van der Waals surface area contributed by atoms with Crippen molar-refractivity contribution in [1.29, 1.82) is 0 Å². The van der Waals surface area contributed by atoms with E-state index in [1.807, 2.05) is 6.92 Å². The minimum absolute atomic E-state index is 0.0149. The zero-order valence-corrected chi connectivity index (χ0v) is 11.7. The highest BCUT2D eigenvalue weighted by molar-refractivity contribution is 6.05. The summed E-state index contributed by atoms with van der Waals surface area (Å²) in [7, 11) is 0. The van der Waals surface area contributed by atoms with E-state index in [9.17, 15) is 19.1 Å². The summed E-state index contributed by atoms with van der Waals surface area (Å²) < 4.78 is 17.4. The van der Waals surface area contributed by atoms with Crippen LogP contribution in [0, 0.1) is 6.92 Å². The van der Waals surface area contributed by atoms with Gasteiger partial charge < -0.3 is 9.84 Å². The van der Waals surface area contributed by atoms with E-state index >= 15 is 0 Å². The van der Waals surface area contributed by atoms with E-state index in [0.29, 0.717) is 5.56 Å². The van der Waals surface area contributed by atoms with Crippen molar-refractivity contribution in [3.8, 4) is 0 Å². The molecule has 1 unspecified atom stereocenters. The number of hydrogen-bond donors (Lipinski definition) is 1. The topological polar surface area (TPSA) is 63.6 Å². The summed E-state index contributed by atoms with van der Waals surface area (Å²) in [5.74, 6) is -2.15. The fourth-order valence-electron chi connectivity index (χ4n) is 2.11. The summed E-state index contributed by atoms with van der Waals surface area (Å²) in [6.45, 7) is 2.86. The van der Waals surface area contributed by atoms with Gasteiger partial charge in [0, 0.05) is 0 Å². The Morgan fingerprint density at radius 3 is 2.35 bits per heavy atom. The van der Waals surface area contributed by atoms with Crippen LogP contribution in [-0.4, -0.2) is 30.3 Å². The maximum absolute atomic E-state index is 12.5. The number of hydrogen-bond acceptors (Lipinski definition) is 3. The molecular formula is C15H19FO4. The molecule has 110 valence electrons. The number of ether oxygens (including phenoxy) is 1. The van der Waals surface area contributed by atoms with Crippen molar-refractivity contribution >= 4 is 11.9 Å². The molecule has 0 radical (unpaired) electrons. The van der Waals surface area contributed by atoms with Gasteiger partial charge >= 0.3 is 11.9 Å². The van der Waals surface area contributed by atoms with Crippen molar-refractivity contribution in [2.75, 3.05) is 13.3 Å². The number of carbonyl (C=O) groups is 2. The van der Waals surface area contributed by atoms with Crippen LogP contribution in [0.2, 0.25) is 0 Å². The van der Waals surface area contributed by atoms with Crippen LogP contribution in [0.4, 0.5) is 4.39 Å². The van der Waals surface area contributed by atoms with E-state index in [1.54, 1.807) is 31.2 Å². The van der Waals surface area contributed by atoms with Crippen molar-refractivity contribution in [3.63, 3.8) is 0 Å². The first kappa shape index (κ1) is 16.1. The van der Waals surface area contributed by atoms with Crippen LogP contribution in [-0.2, 0) is 19.7 Å². The number of rotatable bonds is 7. The minimum atomic E-state index is -1.84. The number of esters is 1. The molecular weight excluding hydrogens is 263 g/mol. The Morgan fingerprint density at radius 2 is 1.90 bits per heavy atom. The van der Waals surface area contributed by atoms with Gasteiger partial charge in [0.05, 0.1) is 13.3 Å². The fraction of sp³-hybridized carbons (Fsp3) is 0.467. The molecule has 0 fully saturated rings. The van der Waals surface area contributed by atoms with Crippen molar-refractivity contribution in [2.24, 2.45) is 0 Å². The molecule has 0 saturated carbocycles. The van der Waals surface area contributed by atoms with Gasteiger partial charge in [-0.3, -0.25) is 14.0 Å². The van der Waals surface area contributed by atoms with Gasteiger partial charge in [0.15, 0.2) is 5.41 Å². The van der Waals surface area contributed by atoms with E-state index in [0.717, 1.165) is 5.56 Å². The summed E-state index contributed by atoms with van der Waals surface area (Å²) >= 11 is 0. The van der Waals surface area contributed by atoms with Crippen LogP contribution in [0.25, 0.3) is 0 Å². The maximum atomic E-state index is 12.5. The van der Waals surface area contributed by atoms with Gasteiger partial charge in [-0.2, -0.15) is 0 Å². The molecule has 1 aromatic carbocycles. The molecule has 4 nitrogen and oxygen atoms in total. The predicted octanol–water partition coefficient (Wildman–Crippen LogP) is 2.63. The lowest BCUT2D eigenvalue weighted by molar-refractivity contribution is -0.162. The second-order valence-electron chi connectivity index (χ2n) is 4.59. The number of alkyl halides is 1. The van der Waals surface area contributed by atoms with E-state index in [2.05, 4.69) is 0 Å². The molecule has 1 N–H and O–H groups in total. The Morgan fingerprint density at radius 1 is 1.30 bits per heavy atom. The summed E-state index contributed by atoms with van der Waals surface area (Å²) in [5.41, 5.74) is -0.569.